The van der Waals surface area contributed by atoms with E-state index in [0.29, 0.717) is 18.3 Å². The van der Waals surface area contributed by atoms with Crippen LogP contribution in [-0.2, 0) is 13.1 Å². The molecule has 0 atom stereocenters. The molecular weight excluding hydrogens is 267 g/mol. The second kappa shape index (κ2) is 6.31. The van der Waals surface area contributed by atoms with E-state index in [1.165, 1.54) is 18.9 Å². The molecule has 0 bridgehead atoms. The Morgan fingerprint density at radius 1 is 1.19 bits per heavy atom. The van der Waals surface area contributed by atoms with Crippen LogP contribution in [0.4, 0.5) is 10.1 Å². The van der Waals surface area contributed by atoms with Gasteiger partial charge in [-0.15, -0.1) is 0 Å². The van der Waals surface area contributed by atoms with Gasteiger partial charge in [0, 0.05) is 12.6 Å². The van der Waals surface area contributed by atoms with Gasteiger partial charge < -0.3 is 14.6 Å². The number of nitrogens with one attached hydrogen (secondary N) is 1. The molecule has 4 heteroatoms. The number of anilines is 1. The fourth-order valence-electron chi connectivity index (χ4n) is 2.40. The summed E-state index contributed by atoms with van der Waals surface area (Å²) >= 11 is 0. The zero-order chi connectivity index (χ0) is 14.7. The summed E-state index contributed by atoms with van der Waals surface area (Å²) in [5, 5.41) is 3.43. The number of para-hydroxylation sites is 1. The van der Waals surface area contributed by atoms with Gasteiger partial charge in [-0.25, -0.2) is 4.39 Å². The predicted molar refractivity (Wildman–Crippen MR) is 81.7 cm³/mol. The number of furan rings is 1. The standard InChI is InChI=1S/C17H21FN2O/c1-2-20(17-6-4-3-5-16(17)18)12-15-10-9-14(21-15)11-19-13-7-8-13/h3-6,9-10,13,19H,2,7-8,11-12H2,1H3. The Kier molecular flexibility index (Phi) is 4.25. The van der Waals surface area contributed by atoms with Gasteiger partial charge in [0.15, 0.2) is 0 Å². The van der Waals surface area contributed by atoms with Crippen molar-refractivity contribution in [2.75, 3.05) is 11.4 Å². The van der Waals surface area contributed by atoms with Crippen LogP contribution in [0.3, 0.4) is 0 Å². The first-order valence-corrected chi connectivity index (χ1v) is 7.56. The molecule has 1 fully saturated rings. The maximum Gasteiger partial charge on any atom is 0.146 e. The van der Waals surface area contributed by atoms with Crippen molar-refractivity contribution in [1.82, 2.24) is 5.32 Å². The van der Waals surface area contributed by atoms with Gasteiger partial charge in [0.25, 0.3) is 0 Å². The summed E-state index contributed by atoms with van der Waals surface area (Å²) in [4.78, 5) is 1.98. The first kappa shape index (κ1) is 14.1. The van der Waals surface area contributed by atoms with Crippen LogP contribution in [0.2, 0.25) is 0 Å². The van der Waals surface area contributed by atoms with E-state index in [1.807, 2.05) is 30.0 Å². The highest BCUT2D eigenvalue weighted by Crippen LogP contribution is 2.22. The molecule has 0 saturated heterocycles. The summed E-state index contributed by atoms with van der Waals surface area (Å²) in [6.07, 6.45) is 2.54. The lowest BCUT2D eigenvalue weighted by Crippen LogP contribution is -2.22. The molecule has 21 heavy (non-hydrogen) atoms. The molecule has 0 radical (unpaired) electrons. The largest absolute Gasteiger partial charge is 0.463 e. The maximum atomic E-state index is 13.9. The Balaban J connectivity index is 1.64. The number of rotatable bonds is 7. The summed E-state index contributed by atoms with van der Waals surface area (Å²) in [7, 11) is 0. The molecule has 0 unspecified atom stereocenters. The number of hydrogen-bond acceptors (Lipinski definition) is 3. The van der Waals surface area contributed by atoms with E-state index in [9.17, 15) is 4.39 Å². The Morgan fingerprint density at radius 3 is 2.67 bits per heavy atom. The number of benzene rings is 1. The van der Waals surface area contributed by atoms with Crippen molar-refractivity contribution >= 4 is 5.69 Å². The molecule has 3 rings (SSSR count). The Hall–Kier alpha value is -1.81. The van der Waals surface area contributed by atoms with Crippen molar-refractivity contribution in [3.05, 3.63) is 53.7 Å². The van der Waals surface area contributed by atoms with Crippen LogP contribution in [0, 0.1) is 5.82 Å². The highest BCUT2D eigenvalue weighted by Gasteiger charge is 2.20. The summed E-state index contributed by atoms with van der Waals surface area (Å²) in [6, 6.07) is 11.5. The second-order valence-corrected chi connectivity index (χ2v) is 5.49. The lowest BCUT2D eigenvalue weighted by molar-refractivity contribution is 0.442. The van der Waals surface area contributed by atoms with E-state index in [4.69, 9.17) is 4.42 Å². The quantitative estimate of drug-likeness (QED) is 0.842. The van der Waals surface area contributed by atoms with Crippen LogP contribution in [0.15, 0.2) is 40.8 Å². The minimum Gasteiger partial charge on any atom is -0.463 e. The van der Waals surface area contributed by atoms with Crippen LogP contribution >= 0.6 is 0 Å². The van der Waals surface area contributed by atoms with E-state index in [2.05, 4.69) is 5.32 Å². The smallest absolute Gasteiger partial charge is 0.146 e. The SMILES string of the molecule is CCN(Cc1ccc(CNC2CC2)o1)c1ccccc1F. The van der Waals surface area contributed by atoms with Crippen molar-refractivity contribution in [2.45, 2.75) is 38.9 Å². The summed E-state index contributed by atoms with van der Waals surface area (Å²) < 4.78 is 19.7. The van der Waals surface area contributed by atoms with E-state index < -0.39 is 0 Å². The van der Waals surface area contributed by atoms with Crippen molar-refractivity contribution in [1.29, 1.82) is 0 Å². The Morgan fingerprint density at radius 2 is 1.95 bits per heavy atom. The van der Waals surface area contributed by atoms with Crippen LogP contribution in [0.1, 0.15) is 31.3 Å². The van der Waals surface area contributed by atoms with Gasteiger partial charge in [-0.2, -0.15) is 0 Å². The number of hydrogen-bond donors (Lipinski definition) is 1. The third-order valence-corrected chi connectivity index (χ3v) is 3.78. The van der Waals surface area contributed by atoms with Crippen molar-refractivity contribution in [3.63, 3.8) is 0 Å². The molecule has 1 N–H and O–H groups in total. The van der Waals surface area contributed by atoms with Gasteiger partial charge in [-0.3, -0.25) is 0 Å². The Bertz CT molecular complexity index is 592. The third-order valence-electron chi connectivity index (χ3n) is 3.78. The first-order valence-electron chi connectivity index (χ1n) is 7.56. The normalized spacial score (nSPS) is 14.4. The van der Waals surface area contributed by atoms with Crippen LogP contribution in [0.25, 0.3) is 0 Å². The first-order chi connectivity index (χ1) is 10.3. The molecule has 0 amide bonds. The molecule has 2 aromatic rings. The molecule has 1 heterocycles. The molecule has 1 aliphatic rings. The van der Waals surface area contributed by atoms with Gasteiger partial charge in [-0.05, 0) is 44.0 Å². The van der Waals surface area contributed by atoms with E-state index in [1.54, 1.807) is 12.1 Å². The highest BCUT2D eigenvalue weighted by molar-refractivity contribution is 5.47. The zero-order valence-electron chi connectivity index (χ0n) is 12.3. The minimum atomic E-state index is -0.193. The number of nitrogens with zero attached hydrogens (tertiary/aromatic N) is 1. The molecule has 112 valence electrons. The fourth-order valence-corrected chi connectivity index (χ4v) is 2.40. The molecule has 1 aromatic carbocycles. The van der Waals surface area contributed by atoms with Gasteiger partial charge in [-0.1, -0.05) is 12.1 Å². The highest BCUT2D eigenvalue weighted by atomic mass is 19.1. The predicted octanol–water partition coefficient (Wildman–Crippen LogP) is 3.70. The minimum absolute atomic E-state index is 0.193. The van der Waals surface area contributed by atoms with Gasteiger partial charge in [0.2, 0.25) is 0 Å². The average molecular weight is 288 g/mol. The van der Waals surface area contributed by atoms with Crippen molar-refractivity contribution in [3.8, 4) is 0 Å². The lowest BCUT2D eigenvalue weighted by atomic mass is 10.2. The molecule has 1 saturated carbocycles. The van der Waals surface area contributed by atoms with Crippen LogP contribution in [0.5, 0.6) is 0 Å². The molecule has 0 aliphatic heterocycles. The average Bonchev–Trinajstić information content (AvgIpc) is 3.22. The Labute approximate surface area is 124 Å². The van der Waals surface area contributed by atoms with E-state index >= 15 is 0 Å². The van der Waals surface area contributed by atoms with Crippen molar-refractivity contribution < 1.29 is 8.81 Å². The van der Waals surface area contributed by atoms with E-state index in [0.717, 1.165) is 24.6 Å². The molecule has 1 aromatic heterocycles. The number of halogens is 1. The van der Waals surface area contributed by atoms with Gasteiger partial charge in [0.1, 0.15) is 17.3 Å². The van der Waals surface area contributed by atoms with Crippen LogP contribution in [-0.4, -0.2) is 12.6 Å². The van der Waals surface area contributed by atoms with Crippen LogP contribution < -0.4 is 10.2 Å². The zero-order valence-corrected chi connectivity index (χ0v) is 12.3. The maximum absolute atomic E-state index is 13.9. The second-order valence-electron chi connectivity index (χ2n) is 5.49. The third kappa shape index (κ3) is 3.64. The summed E-state index contributed by atoms with van der Waals surface area (Å²) in [6.45, 7) is 4.11. The molecule has 3 nitrogen and oxygen atoms in total. The summed E-state index contributed by atoms with van der Waals surface area (Å²) in [5.74, 6) is 1.62. The molecule has 0 spiro atoms. The monoisotopic (exact) mass is 288 g/mol. The summed E-state index contributed by atoms with van der Waals surface area (Å²) in [5.41, 5.74) is 0.619. The van der Waals surface area contributed by atoms with Crippen molar-refractivity contribution in [2.24, 2.45) is 0 Å². The lowest BCUT2D eigenvalue weighted by Gasteiger charge is -2.22. The molecule has 1 aliphatic carbocycles. The molecular formula is C17H21FN2O. The van der Waals surface area contributed by atoms with E-state index in [-0.39, 0.29) is 5.82 Å². The van der Waals surface area contributed by atoms with Gasteiger partial charge >= 0.3 is 0 Å². The van der Waals surface area contributed by atoms with Gasteiger partial charge in [0.05, 0.1) is 18.8 Å². The topological polar surface area (TPSA) is 28.4 Å². The fraction of sp³-hybridized carbons (Fsp3) is 0.412.